The van der Waals surface area contributed by atoms with E-state index in [1.807, 2.05) is 12.1 Å². The molecule has 0 aromatic heterocycles. The van der Waals surface area contributed by atoms with E-state index in [1.54, 1.807) is 16.4 Å². The maximum Gasteiger partial charge on any atom is 0.243 e. The van der Waals surface area contributed by atoms with Gasteiger partial charge in [0.2, 0.25) is 10.0 Å². The highest BCUT2D eigenvalue weighted by Gasteiger charge is 2.29. The van der Waals surface area contributed by atoms with E-state index >= 15 is 0 Å². The van der Waals surface area contributed by atoms with Gasteiger partial charge in [0.25, 0.3) is 0 Å². The molecule has 0 unspecified atom stereocenters. The lowest BCUT2D eigenvalue weighted by atomic mass is 9.91. The van der Waals surface area contributed by atoms with Crippen LogP contribution in [0.1, 0.15) is 30.4 Å². The minimum Gasteiger partial charge on any atom is -0.207 e. The Morgan fingerprint density at radius 3 is 2.24 bits per heavy atom. The van der Waals surface area contributed by atoms with Crippen molar-refractivity contribution in [2.75, 3.05) is 13.1 Å². The fourth-order valence-corrected chi connectivity index (χ4v) is 4.77. The van der Waals surface area contributed by atoms with Crippen molar-refractivity contribution in [3.05, 3.63) is 65.7 Å². The molecule has 0 saturated carbocycles. The average Bonchev–Trinajstić information content (AvgIpc) is 2.67. The molecule has 3 rings (SSSR count). The van der Waals surface area contributed by atoms with E-state index in [1.165, 1.54) is 17.7 Å². The first kappa shape index (κ1) is 17.7. The smallest absolute Gasteiger partial charge is 0.207 e. The third-order valence-electron chi connectivity index (χ3n) is 4.88. The standard InChI is InChI=1S/C20H22N2O2S/c21-16-19-8-10-20(11-9-19)25(23,24)22-14-12-18(13-15-22)7-6-17-4-2-1-3-5-17/h1-5,8-11,18H,6-7,12-15H2. The van der Waals surface area contributed by atoms with Crippen LogP contribution in [0.15, 0.2) is 59.5 Å². The van der Waals surface area contributed by atoms with Gasteiger partial charge in [-0.3, -0.25) is 0 Å². The maximum atomic E-state index is 12.7. The number of piperidine rings is 1. The Morgan fingerprint density at radius 2 is 1.64 bits per heavy atom. The second kappa shape index (κ2) is 7.81. The van der Waals surface area contributed by atoms with Crippen LogP contribution in [0.3, 0.4) is 0 Å². The zero-order valence-electron chi connectivity index (χ0n) is 14.1. The fourth-order valence-electron chi connectivity index (χ4n) is 3.30. The Labute approximate surface area is 149 Å². The fraction of sp³-hybridized carbons (Fsp3) is 0.350. The van der Waals surface area contributed by atoms with Crippen LogP contribution < -0.4 is 0 Å². The molecule has 2 aromatic rings. The van der Waals surface area contributed by atoms with E-state index in [9.17, 15) is 8.42 Å². The highest BCUT2D eigenvalue weighted by molar-refractivity contribution is 7.89. The molecular formula is C20H22N2O2S. The molecule has 0 amide bonds. The first-order valence-corrected chi connectivity index (χ1v) is 10.1. The van der Waals surface area contributed by atoms with Crippen LogP contribution in [-0.2, 0) is 16.4 Å². The summed E-state index contributed by atoms with van der Waals surface area (Å²) < 4.78 is 27.0. The zero-order valence-corrected chi connectivity index (χ0v) is 15.0. The van der Waals surface area contributed by atoms with E-state index in [0.717, 1.165) is 25.7 Å². The van der Waals surface area contributed by atoms with Crippen LogP contribution in [0.4, 0.5) is 0 Å². The molecule has 0 aliphatic carbocycles. The van der Waals surface area contributed by atoms with Crippen molar-refractivity contribution >= 4 is 10.0 Å². The van der Waals surface area contributed by atoms with Crippen molar-refractivity contribution in [2.45, 2.75) is 30.6 Å². The van der Waals surface area contributed by atoms with Crippen LogP contribution in [0, 0.1) is 17.2 Å². The van der Waals surface area contributed by atoms with Gasteiger partial charge in [0.1, 0.15) is 0 Å². The summed E-state index contributed by atoms with van der Waals surface area (Å²) in [6, 6.07) is 18.6. The Balaban J connectivity index is 1.56. The van der Waals surface area contributed by atoms with E-state index in [4.69, 9.17) is 5.26 Å². The summed E-state index contributed by atoms with van der Waals surface area (Å²) >= 11 is 0. The van der Waals surface area contributed by atoms with Crippen molar-refractivity contribution in [2.24, 2.45) is 5.92 Å². The normalized spacial score (nSPS) is 16.4. The molecule has 2 aromatic carbocycles. The quantitative estimate of drug-likeness (QED) is 0.824. The largest absolute Gasteiger partial charge is 0.243 e. The molecule has 0 radical (unpaired) electrons. The van der Waals surface area contributed by atoms with E-state index < -0.39 is 10.0 Å². The maximum absolute atomic E-state index is 12.7. The lowest BCUT2D eigenvalue weighted by Crippen LogP contribution is -2.38. The van der Waals surface area contributed by atoms with E-state index in [0.29, 0.717) is 24.6 Å². The number of hydrogen-bond donors (Lipinski definition) is 0. The van der Waals surface area contributed by atoms with E-state index in [2.05, 4.69) is 24.3 Å². The number of aryl methyl sites for hydroxylation is 1. The third kappa shape index (κ3) is 4.28. The summed E-state index contributed by atoms with van der Waals surface area (Å²) in [7, 11) is -3.45. The summed E-state index contributed by atoms with van der Waals surface area (Å²) in [5, 5.41) is 8.83. The summed E-state index contributed by atoms with van der Waals surface area (Å²) in [5.74, 6) is 0.577. The number of sulfonamides is 1. The Hall–Kier alpha value is -2.16. The van der Waals surface area contributed by atoms with Gasteiger partial charge in [-0.2, -0.15) is 9.57 Å². The summed E-state index contributed by atoms with van der Waals surface area (Å²) in [4.78, 5) is 0.272. The Morgan fingerprint density at radius 1 is 1.00 bits per heavy atom. The highest BCUT2D eigenvalue weighted by Crippen LogP contribution is 2.26. The van der Waals surface area contributed by atoms with Gasteiger partial charge in [-0.15, -0.1) is 0 Å². The molecule has 0 N–H and O–H groups in total. The minimum atomic E-state index is -3.45. The van der Waals surface area contributed by atoms with Gasteiger partial charge in [-0.25, -0.2) is 8.42 Å². The molecule has 1 aliphatic rings. The van der Waals surface area contributed by atoms with Crippen molar-refractivity contribution in [3.63, 3.8) is 0 Å². The molecular weight excluding hydrogens is 332 g/mol. The van der Waals surface area contributed by atoms with Gasteiger partial charge in [0, 0.05) is 13.1 Å². The molecule has 1 saturated heterocycles. The molecule has 1 fully saturated rings. The minimum absolute atomic E-state index is 0.272. The highest BCUT2D eigenvalue weighted by atomic mass is 32.2. The number of nitriles is 1. The van der Waals surface area contributed by atoms with Crippen LogP contribution in [-0.4, -0.2) is 25.8 Å². The second-order valence-corrected chi connectivity index (χ2v) is 8.45. The lowest BCUT2D eigenvalue weighted by Gasteiger charge is -2.31. The SMILES string of the molecule is N#Cc1ccc(S(=O)(=O)N2CCC(CCc3ccccc3)CC2)cc1. The molecule has 0 spiro atoms. The monoisotopic (exact) mass is 354 g/mol. The molecule has 4 nitrogen and oxygen atoms in total. The van der Waals surface area contributed by atoms with Crippen LogP contribution in [0.25, 0.3) is 0 Å². The molecule has 1 aliphatic heterocycles. The number of nitrogens with zero attached hydrogens (tertiary/aromatic N) is 2. The second-order valence-electron chi connectivity index (χ2n) is 6.51. The number of rotatable bonds is 5. The third-order valence-corrected chi connectivity index (χ3v) is 6.79. The molecule has 1 heterocycles. The van der Waals surface area contributed by atoms with Gasteiger partial charge in [-0.05, 0) is 61.4 Å². The van der Waals surface area contributed by atoms with Crippen molar-refractivity contribution in [1.82, 2.24) is 4.31 Å². The molecule has 0 bridgehead atoms. The lowest BCUT2D eigenvalue weighted by molar-refractivity contribution is 0.263. The van der Waals surface area contributed by atoms with E-state index in [-0.39, 0.29) is 4.90 Å². The van der Waals surface area contributed by atoms with Crippen molar-refractivity contribution < 1.29 is 8.42 Å². The average molecular weight is 354 g/mol. The summed E-state index contributed by atoms with van der Waals surface area (Å²) in [6.45, 7) is 1.14. The van der Waals surface area contributed by atoms with Crippen LogP contribution >= 0.6 is 0 Å². The van der Waals surface area contributed by atoms with Crippen LogP contribution in [0.5, 0.6) is 0 Å². The Bertz CT molecular complexity index is 832. The predicted octanol–water partition coefficient (Wildman–Crippen LogP) is 3.59. The summed E-state index contributed by atoms with van der Waals surface area (Å²) in [5.41, 5.74) is 1.81. The zero-order chi connectivity index (χ0) is 17.7. The Kier molecular flexibility index (Phi) is 5.52. The molecule has 0 atom stereocenters. The van der Waals surface area contributed by atoms with Gasteiger partial charge in [0.15, 0.2) is 0 Å². The molecule has 130 valence electrons. The van der Waals surface area contributed by atoms with Crippen molar-refractivity contribution in [3.8, 4) is 6.07 Å². The van der Waals surface area contributed by atoms with Gasteiger partial charge in [0.05, 0.1) is 16.5 Å². The van der Waals surface area contributed by atoms with Gasteiger partial charge in [-0.1, -0.05) is 30.3 Å². The number of hydrogen-bond acceptors (Lipinski definition) is 3. The number of benzene rings is 2. The summed E-state index contributed by atoms with van der Waals surface area (Å²) in [6.07, 6.45) is 3.97. The van der Waals surface area contributed by atoms with Gasteiger partial charge < -0.3 is 0 Å². The first-order chi connectivity index (χ1) is 12.1. The van der Waals surface area contributed by atoms with Crippen LogP contribution in [0.2, 0.25) is 0 Å². The topological polar surface area (TPSA) is 61.2 Å². The molecule has 25 heavy (non-hydrogen) atoms. The van der Waals surface area contributed by atoms with Gasteiger partial charge >= 0.3 is 0 Å². The predicted molar refractivity (Wildman–Crippen MR) is 97.4 cm³/mol. The van der Waals surface area contributed by atoms with Crippen molar-refractivity contribution in [1.29, 1.82) is 5.26 Å². The first-order valence-electron chi connectivity index (χ1n) is 8.64. The molecule has 5 heteroatoms.